The lowest BCUT2D eigenvalue weighted by molar-refractivity contribution is 0.0946. The summed E-state index contributed by atoms with van der Waals surface area (Å²) >= 11 is 0. The van der Waals surface area contributed by atoms with Crippen LogP contribution in [0.4, 0.5) is 0 Å². The number of aromatic amines is 1. The third-order valence-corrected chi connectivity index (χ3v) is 3.90. The van der Waals surface area contributed by atoms with Crippen LogP contribution in [0.1, 0.15) is 34.1 Å². The number of aromatic nitrogens is 2. The Labute approximate surface area is 141 Å². The van der Waals surface area contributed by atoms with Gasteiger partial charge in [0.15, 0.2) is 0 Å². The first-order valence-corrected chi connectivity index (χ1v) is 8.03. The smallest absolute Gasteiger partial charge is 0.268 e. The van der Waals surface area contributed by atoms with Gasteiger partial charge < -0.3 is 15.0 Å². The van der Waals surface area contributed by atoms with E-state index in [4.69, 9.17) is 4.74 Å². The van der Waals surface area contributed by atoms with Crippen LogP contribution in [-0.4, -0.2) is 22.5 Å². The van der Waals surface area contributed by atoms with Crippen molar-refractivity contribution >= 4 is 16.8 Å². The Bertz CT molecular complexity index is 883. The number of rotatable bonds is 5. The Morgan fingerprint density at radius 2 is 2.12 bits per heavy atom. The van der Waals surface area contributed by atoms with Crippen LogP contribution in [0.15, 0.2) is 36.5 Å². The Kier molecular flexibility index (Phi) is 4.51. The number of benzene rings is 1. The van der Waals surface area contributed by atoms with Crippen molar-refractivity contribution in [2.75, 3.05) is 6.61 Å². The molecule has 0 radical (unpaired) electrons. The van der Waals surface area contributed by atoms with Gasteiger partial charge in [-0.1, -0.05) is 12.1 Å². The van der Waals surface area contributed by atoms with Crippen LogP contribution in [-0.2, 0) is 6.54 Å². The molecule has 5 heteroatoms. The van der Waals surface area contributed by atoms with Gasteiger partial charge in [-0.05, 0) is 50.1 Å². The van der Waals surface area contributed by atoms with E-state index in [9.17, 15) is 4.79 Å². The van der Waals surface area contributed by atoms with Gasteiger partial charge in [-0.3, -0.25) is 4.79 Å². The minimum Gasteiger partial charge on any atom is -0.478 e. The number of pyridine rings is 1. The van der Waals surface area contributed by atoms with E-state index in [0.717, 1.165) is 22.0 Å². The number of amides is 1. The molecule has 0 unspecified atom stereocenters. The quantitative estimate of drug-likeness (QED) is 0.755. The third kappa shape index (κ3) is 3.25. The van der Waals surface area contributed by atoms with Crippen molar-refractivity contribution in [2.45, 2.75) is 27.3 Å². The minimum atomic E-state index is -0.144. The fourth-order valence-corrected chi connectivity index (χ4v) is 2.82. The Morgan fingerprint density at radius 1 is 1.29 bits per heavy atom. The summed E-state index contributed by atoms with van der Waals surface area (Å²) < 4.78 is 5.48. The first-order chi connectivity index (χ1) is 11.6. The van der Waals surface area contributed by atoms with Gasteiger partial charge in [0.2, 0.25) is 5.88 Å². The van der Waals surface area contributed by atoms with E-state index < -0.39 is 0 Å². The van der Waals surface area contributed by atoms with E-state index >= 15 is 0 Å². The number of hydrogen-bond acceptors (Lipinski definition) is 3. The Hall–Kier alpha value is -2.82. The van der Waals surface area contributed by atoms with E-state index in [0.29, 0.717) is 24.7 Å². The molecule has 3 rings (SSSR count). The van der Waals surface area contributed by atoms with Crippen LogP contribution in [0.5, 0.6) is 5.88 Å². The molecule has 0 aliphatic rings. The third-order valence-electron chi connectivity index (χ3n) is 3.90. The molecule has 2 aromatic heterocycles. The zero-order valence-electron chi connectivity index (χ0n) is 14.1. The van der Waals surface area contributed by atoms with Crippen molar-refractivity contribution in [1.82, 2.24) is 15.3 Å². The molecule has 3 aromatic rings. The van der Waals surface area contributed by atoms with Crippen molar-refractivity contribution in [1.29, 1.82) is 0 Å². The summed E-state index contributed by atoms with van der Waals surface area (Å²) in [5.74, 6) is 0.415. The molecule has 1 aromatic carbocycles. The predicted octanol–water partition coefficient (Wildman–Crippen LogP) is 3.51. The summed E-state index contributed by atoms with van der Waals surface area (Å²) in [6.45, 7) is 6.92. The summed E-state index contributed by atoms with van der Waals surface area (Å²) in [4.78, 5) is 19.8. The number of nitrogens with one attached hydrogen (secondary N) is 2. The molecule has 2 N–H and O–H groups in total. The molecule has 0 bridgehead atoms. The summed E-state index contributed by atoms with van der Waals surface area (Å²) in [6, 6.07) is 9.79. The molecular formula is C19H21N3O2. The van der Waals surface area contributed by atoms with Gasteiger partial charge in [0, 0.05) is 29.2 Å². The summed E-state index contributed by atoms with van der Waals surface area (Å²) in [5.41, 5.74) is 4.72. The maximum absolute atomic E-state index is 12.4. The maximum atomic E-state index is 12.4. The lowest BCUT2D eigenvalue weighted by Crippen LogP contribution is -2.23. The number of aryl methyl sites for hydroxylation is 2. The second-order valence-corrected chi connectivity index (χ2v) is 5.81. The first-order valence-electron chi connectivity index (χ1n) is 8.03. The molecule has 0 aliphatic heterocycles. The van der Waals surface area contributed by atoms with Crippen molar-refractivity contribution in [2.24, 2.45) is 0 Å². The Morgan fingerprint density at radius 3 is 2.92 bits per heavy atom. The minimum absolute atomic E-state index is 0.144. The molecule has 2 heterocycles. The van der Waals surface area contributed by atoms with Crippen LogP contribution in [0, 0.1) is 13.8 Å². The van der Waals surface area contributed by atoms with Crippen LogP contribution in [0.3, 0.4) is 0 Å². The molecule has 1 amide bonds. The topological polar surface area (TPSA) is 67.0 Å². The fourth-order valence-electron chi connectivity index (χ4n) is 2.82. The van der Waals surface area contributed by atoms with Gasteiger partial charge in [-0.2, -0.15) is 0 Å². The SMILES string of the molecule is CCOc1ncccc1CNC(=O)c1cc2c(C)cc(C)cc2[nH]1. The summed E-state index contributed by atoms with van der Waals surface area (Å²) in [6.07, 6.45) is 1.68. The molecule has 0 aliphatic carbocycles. The number of hydrogen-bond donors (Lipinski definition) is 2. The number of carbonyl (C=O) groups excluding carboxylic acids is 1. The lowest BCUT2D eigenvalue weighted by Gasteiger charge is -2.09. The highest BCUT2D eigenvalue weighted by Gasteiger charge is 2.12. The zero-order chi connectivity index (χ0) is 17.1. The predicted molar refractivity (Wildman–Crippen MR) is 94.3 cm³/mol. The monoisotopic (exact) mass is 323 g/mol. The highest BCUT2D eigenvalue weighted by Crippen LogP contribution is 2.21. The highest BCUT2D eigenvalue weighted by atomic mass is 16.5. The zero-order valence-corrected chi connectivity index (χ0v) is 14.1. The summed E-state index contributed by atoms with van der Waals surface area (Å²) in [7, 11) is 0. The van der Waals surface area contributed by atoms with Gasteiger partial charge in [0.25, 0.3) is 5.91 Å². The second kappa shape index (κ2) is 6.74. The number of fused-ring (bicyclic) bond motifs is 1. The van der Waals surface area contributed by atoms with Gasteiger partial charge in [0.1, 0.15) is 5.69 Å². The van der Waals surface area contributed by atoms with Crippen molar-refractivity contribution in [3.05, 3.63) is 58.9 Å². The molecule has 0 saturated carbocycles. The van der Waals surface area contributed by atoms with E-state index in [1.54, 1.807) is 6.20 Å². The molecule has 0 fully saturated rings. The van der Waals surface area contributed by atoms with E-state index in [2.05, 4.69) is 28.3 Å². The normalized spacial score (nSPS) is 10.8. The van der Waals surface area contributed by atoms with Crippen molar-refractivity contribution in [3.8, 4) is 5.88 Å². The Balaban J connectivity index is 1.77. The average Bonchev–Trinajstić information content (AvgIpc) is 2.98. The largest absolute Gasteiger partial charge is 0.478 e. The van der Waals surface area contributed by atoms with Gasteiger partial charge in [-0.25, -0.2) is 4.98 Å². The van der Waals surface area contributed by atoms with E-state index in [1.807, 2.05) is 38.1 Å². The average molecular weight is 323 g/mol. The van der Waals surface area contributed by atoms with Crippen molar-refractivity contribution in [3.63, 3.8) is 0 Å². The highest BCUT2D eigenvalue weighted by molar-refractivity contribution is 5.98. The fraction of sp³-hybridized carbons (Fsp3) is 0.263. The molecule has 124 valence electrons. The standard InChI is InChI=1S/C19H21N3O2/c1-4-24-19-14(6-5-7-20-19)11-21-18(23)17-10-15-13(3)8-12(2)9-16(15)22-17/h5-10,22H,4,11H2,1-3H3,(H,21,23). The first kappa shape index (κ1) is 16.1. The van der Waals surface area contributed by atoms with Gasteiger partial charge >= 0.3 is 0 Å². The molecule has 0 spiro atoms. The van der Waals surface area contributed by atoms with Gasteiger partial charge in [0.05, 0.1) is 6.61 Å². The van der Waals surface area contributed by atoms with Gasteiger partial charge in [-0.15, -0.1) is 0 Å². The molecule has 24 heavy (non-hydrogen) atoms. The molecule has 5 nitrogen and oxygen atoms in total. The maximum Gasteiger partial charge on any atom is 0.268 e. The van der Waals surface area contributed by atoms with Crippen LogP contribution in [0.25, 0.3) is 10.9 Å². The van der Waals surface area contributed by atoms with E-state index in [1.165, 1.54) is 5.56 Å². The van der Waals surface area contributed by atoms with Crippen LogP contribution in [0.2, 0.25) is 0 Å². The molecule has 0 atom stereocenters. The molecule has 0 saturated heterocycles. The number of nitrogens with zero attached hydrogens (tertiary/aromatic N) is 1. The number of carbonyl (C=O) groups is 1. The van der Waals surface area contributed by atoms with Crippen LogP contribution < -0.4 is 10.1 Å². The number of H-pyrrole nitrogens is 1. The lowest BCUT2D eigenvalue weighted by atomic mass is 10.1. The van der Waals surface area contributed by atoms with Crippen LogP contribution >= 0.6 is 0 Å². The second-order valence-electron chi connectivity index (χ2n) is 5.81. The molecular weight excluding hydrogens is 302 g/mol. The van der Waals surface area contributed by atoms with Crippen molar-refractivity contribution < 1.29 is 9.53 Å². The number of ether oxygens (including phenoxy) is 1. The summed E-state index contributed by atoms with van der Waals surface area (Å²) in [5, 5.41) is 3.99. The van der Waals surface area contributed by atoms with E-state index in [-0.39, 0.29) is 5.91 Å².